The third kappa shape index (κ3) is 4.56. The molecule has 8 heteroatoms. The Morgan fingerprint density at radius 3 is 2.45 bits per heavy atom. The summed E-state index contributed by atoms with van der Waals surface area (Å²) >= 11 is 7.49. The molecule has 3 aromatic rings. The number of nitrogens with zero attached hydrogens (tertiary/aromatic N) is 1. The van der Waals surface area contributed by atoms with Gasteiger partial charge in [-0.15, -0.1) is 11.3 Å². The Bertz CT molecular complexity index is 1150. The number of fused-ring (bicyclic) bond motifs is 1. The zero-order chi connectivity index (χ0) is 23.5. The molecule has 0 spiro atoms. The molecule has 0 bridgehead atoms. The van der Waals surface area contributed by atoms with E-state index in [1.54, 1.807) is 31.2 Å². The molecule has 1 aromatic heterocycles. The van der Waals surface area contributed by atoms with E-state index in [9.17, 15) is 9.59 Å². The van der Waals surface area contributed by atoms with E-state index in [1.165, 1.54) is 18.4 Å². The van der Waals surface area contributed by atoms with E-state index in [0.717, 1.165) is 10.4 Å². The lowest BCUT2D eigenvalue weighted by Gasteiger charge is -2.39. The summed E-state index contributed by atoms with van der Waals surface area (Å²) in [6.07, 6.45) is 0.673. The minimum absolute atomic E-state index is 0.143. The van der Waals surface area contributed by atoms with Crippen LogP contribution in [0.1, 0.15) is 38.3 Å². The first kappa shape index (κ1) is 23.1. The van der Waals surface area contributed by atoms with Crippen LogP contribution in [0.5, 0.6) is 11.5 Å². The van der Waals surface area contributed by atoms with Crippen molar-refractivity contribution in [3.63, 3.8) is 0 Å². The largest absolute Gasteiger partial charge is 0.493 e. The van der Waals surface area contributed by atoms with E-state index in [1.807, 2.05) is 41.8 Å². The van der Waals surface area contributed by atoms with E-state index in [2.05, 4.69) is 5.32 Å². The van der Waals surface area contributed by atoms with E-state index in [-0.39, 0.29) is 11.8 Å². The van der Waals surface area contributed by atoms with Gasteiger partial charge in [0, 0.05) is 29.1 Å². The van der Waals surface area contributed by atoms with Crippen molar-refractivity contribution in [1.29, 1.82) is 0 Å². The van der Waals surface area contributed by atoms with Gasteiger partial charge in [-0.1, -0.05) is 29.8 Å². The number of carbonyl (C=O) groups is 2. The average molecular weight is 485 g/mol. The highest BCUT2D eigenvalue weighted by atomic mass is 35.5. The predicted octanol–water partition coefficient (Wildman–Crippen LogP) is 4.69. The fraction of sp³-hybridized carbons (Fsp3) is 0.280. The van der Waals surface area contributed by atoms with Crippen LogP contribution in [0.25, 0.3) is 0 Å². The molecule has 0 unspecified atom stereocenters. The van der Waals surface area contributed by atoms with Gasteiger partial charge in [0.15, 0.2) is 11.5 Å². The van der Waals surface area contributed by atoms with Crippen molar-refractivity contribution >= 4 is 34.8 Å². The molecule has 2 aromatic carbocycles. The molecule has 0 aliphatic carbocycles. The number of benzene rings is 2. The van der Waals surface area contributed by atoms with Gasteiger partial charge in [0.2, 0.25) is 5.91 Å². The van der Waals surface area contributed by atoms with Gasteiger partial charge in [-0.2, -0.15) is 0 Å². The van der Waals surface area contributed by atoms with Crippen molar-refractivity contribution in [2.24, 2.45) is 0 Å². The Hall–Kier alpha value is -3.03. The number of methoxy groups -OCH3 is 2. The van der Waals surface area contributed by atoms with E-state index in [4.69, 9.17) is 21.1 Å². The Labute approximate surface area is 202 Å². The van der Waals surface area contributed by atoms with Gasteiger partial charge in [0.05, 0.1) is 26.2 Å². The Kier molecular flexibility index (Phi) is 6.91. The van der Waals surface area contributed by atoms with Crippen LogP contribution in [0, 0.1) is 0 Å². The maximum atomic E-state index is 13.6. The summed E-state index contributed by atoms with van der Waals surface area (Å²) < 4.78 is 10.9. The summed E-state index contributed by atoms with van der Waals surface area (Å²) in [6.45, 7) is 0.467. The van der Waals surface area contributed by atoms with Gasteiger partial charge in [-0.05, 0) is 53.3 Å². The second-order valence-corrected chi connectivity index (χ2v) is 9.23. The number of hydrogen-bond donors (Lipinski definition) is 1. The van der Waals surface area contributed by atoms with Crippen molar-refractivity contribution in [3.8, 4) is 11.5 Å². The van der Waals surface area contributed by atoms with Crippen LogP contribution in [0.4, 0.5) is 0 Å². The first-order chi connectivity index (χ1) is 15.9. The van der Waals surface area contributed by atoms with Gasteiger partial charge in [0.1, 0.15) is 0 Å². The summed E-state index contributed by atoms with van der Waals surface area (Å²) in [7, 11) is 4.80. The number of hydrogen-bond acceptors (Lipinski definition) is 5. The average Bonchev–Trinajstić information content (AvgIpc) is 3.36. The van der Waals surface area contributed by atoms with E-state index < -0.39 is 12.0 Å². The third-order valence-electron chi connectivity index (χ3n) is 5.92. The monoisotopic (exact) mass is 484 g/mol. The highest BCUT2D eigenvalue weighted by molar-refractivity contribution is 7.10. The van der Waals surface area contributed by atoms with Gasteiger partial charge >= 0.3 is 0 Å². The summed E-state index contributed by atoms with van der Waals surface area (Å²) in [5, 5.41) is 5.70. The number of thiophene rings is 1. The van der Waals surface area contributed by atoms with Crippen LogP contribution in [0.3, 0.4) is 0 Å². The maximum Gasteiger partial charge on any atom is 0.254 e. The normalized spacial score (nSPS) is 17.5. The van der Waals surface area contributed by atoms with Crippen molar-refractivity contribution < 1.29 is 19.1 Å². The second-order valence-electron chi connectivity index (χ2n) is 7.82. The molecule has 1 aliphatic heterocycles. The SMILES string of the molecule is COc1cc2c(cc1OC)[C@H](C(=O)NCCc1ccc(Cl)cc1)[C@@H](c1cccs1)N(C)C2=O. The molecular weight excluding hydrogens is 460 g/mol. The zero-order valence-electron chi connectivity index (χ0n) is 18.6. The van der Waals surface area contributed by atoms with Crippen LogP contribution < -0.4 is 14.8 Å². The first-order valence-electron chi connectivity index (χ1n) is 10.5. The smallest absolute Gasteiger partial charge is 0.254 e. The molecule has 33 heavy (non-hydrogen) atoms. The lowest BCUT2D eigenvalue weighted by Crippen LogP contribution is -2.45. The summed E-state index contributed by atoms with van der Waals surface area (Å²) in [5.74, 6) is 0.0445. The molecule has 0 fully saturated rings. The number of amides is 2. The molecule has 2 atom stereocenters. The van der Waals surface area contributed by atoms with Crippen molar-refractivity contribution in [2.75, 3.05) is 27.8 Å². The molecule has 2 amide bonds. The van der Waals surface area contributed by atoms with Crippen LogP contribution in [0.15, 0.2) is 53.9 Å². The number of halogens is 1. The predicted molar refractivity (Wildman–Crippen MR) is 130 cm³/mol. The molecule has 6 nitrogen and oxygen atoms in total. The molecule has 0 saturated heterocycles. The Balaban J connectivity index is 1.68. The highest BCUT2D eigenvalue weighted by Gasteiger charge is 2.43. The number of carbonyl (C=O) groups excluding carboxylic acids is 2. The Morgan fingerprint density at radius 2 is 1.82 bits per heavy atom. The molecule has 0 radical (unpaired) electrons. The van der Waals surface area contributed by atoms with Gasteiger partial charge in [-0.25, -0.2) is 0 Å². The zero-order valence-corrected chi connectivity index (χ0v) is 20.2. The van der Waals surface area contributed by atoms with Crippen LogP contribution >= 0.6 is 22.9 Å². The molecular formula is C25H25ClN2O4S. The molecule has 4 rings (SSSR count). The molecule has 2 heterocycles. The number of likely N-dealkylation sites (N-methyl/N-ethyl adjacent to an activating group) is 1. The molecule has 0 saturated carbocycles. The minimum Gasteiger partial charge on any atom is -0.493 e. The molecule has 1 aliphatic rings. The molecule has 172 valence electrons. The van der Waals surface area contributed by atoms with Crippen molar-refractivity contribution in [2.45, 2.75) is 18.4 Å². The topological polar surface area (TPSA) is 67.9 Å². The Morgan fingerprint density at radius 1 is 1.12 bits per heavy atom. The van der Waals surface area contributed by atoms with Gasteiger partial charge in [-0.3, -0.25) is 9.59 Å². The van der Waals surface area contributed by atoms with Crippen molar-refractivity contribution in [3.05, 3.63) is 80.5 Å². The molecule has 1 N–H and O–H groups in total. The van der Waals surface area contributed by atoms with Crippen LogP contribution in [-0.2, 0) is 11.2 Å². The minimum atomic E-state index is -0.591. The number of nitrogens with one attached hydrogen (secondary N) is 1. The van der Waals surface area contributed by atoms with E-state index >= 15 is 0 Å². The fourth-order valence-corrected chi connectivity index (χ4v) is 5.27. The fourth-order valence-electron chi connectivity index (χ4n) is 4.24. The van der Waals surface area contributed by atoms with Crippen molar-refractivity contribution in [1.82, 2.24) is 10.2 Å². The van der Waals surface area contributed by atoms with Gasteiger partial charge < -0.3 is 19.7 Å². The quantitative estimate of drug-likeness (QED) is 0.528. The maximum absolute atomic E-state index is 13.6. The second kappa shape index (κ2) is 9.85. The summed E-state index contributed by atoms with van der Waals surface area (Å²) in [4.78, 5) is 29.4. The first-order valence-corrected chi connectivity index (χ1v) is 11.8. The van der Waals surface area contributed by atoms with Crippen LogP contribution in [0.2, 0.25) is 5.02 Å². The third-order valence-corrected chi connectivity index (χ3v) is 7.11. The standard InChI is InChI=1S/C25H25ClN2O4S/c1-28-23(21-5-4-12-33-21)22(24(29)27-11-10-15-6-8-16(26)9-7-15)17-13-19(31-2)20(32-3)14-18(17)25(28)30/h4-9,12-14,22-23H,10-11H2,1-3H3,(H,27,29)/t22-,23+/m0/s1. The van der Waals surface area contributed by atoms with E-state index in [0.29, 0.717) is 40.6 Å². The number of ether oxygens (including phenoxy) is 2. The lowest BCUT2D eigenvalue weighted by atomic mass is 9.81. The highest BCUT2D eigenvalue weighted by Crippen LogP contribution is 2.46. The summed E-state index contributed by atoms with van der Waals surface area (Å²) in [6, 6.07) is 14.4. The van der Waals surface area contributed by atoms with Crippen LogP contribution in [-0.4, -0.2) is 44.5 Å². The lowest BCUT2D eigenvalue weighted by molar-refractivity contribution is -0.124. The number of rotatable bonds is 7. The summed E-state index contributed by atoms with van der Waals surface area (Å²) in [5.41, 5.74) is 2.16. The van der Waals surface area contributed by atoms with Gasteiger partial charge in [0.25, 0.3) is 5.91 Å².